The number of ketones is 1. The Balaban J connectivity index is 1.12. The summed E-state index contributed by atoms with van der Waals surface area (Å²) >= 11 is 6.39. The van der Waals surface area contributed by atoms with Crippen molar-refractivity contribution in [1.29, 1.82) is 0 Å². The number of ether oxygens (including phenoxy) is 2. The molecule has 1 aromatic carbocycles. The quantitative estimate of drug-likeness (QED) is 0.252. The average Bonchev–Trinajstić information content (AvgIpc) is 4.07. The number of Topliss-reactive ketones (excluding diaryl/α,β-unsaturated/α-hetero) is 1. The lowest BCUT2D eigenvalue weighted by atomic mass is 9.85. The number of pyridine rings is 1. The van der Waals surface area contributed by atoms with E-state index in [1.807, 2.05) is 31.2 Å². The molecular formula is C41H50ClN3O8S. The van der Waals surface area contributed by atoms with E-state index in [-0.39, 0.29) is 43.4 Å². The van der Waals surface area contributed by atoms with Gasteiger partial charge in [-0.2, -0.15) is 0 Å². The van der Waals surface area contributed by atoms with Crippen LogP contribution in [0.25, 0.3) is 10.9 Å². The Hall–Kier alpha value is -3.51. The van der Waals surface area contributed by atoms with Crippen molar-refractivity contribution in [2.45, 2.75) is 127 Å². The summed E-state index contributed by atoms with van der Waals surface area (Å²) in [5, 5.41) is 1.49. The first-order valence-corrected chi connectivity index (χ1v) is 21.6. The zero-order valence-electron chi connectivity index (χ0n) is 31.2. The molecule has 290 valence electrons. The Kier molecular flexibility index (Phi) is 9.63. The van der Waals surface area contributed by atoms with Crippen molar-refractivity contribution in [3.05, 3.63) is 46.6 Å². The van der Waals surface area contributed by atoms with E-state index in [2.05, 4.69) is 4.72 Å². The van der Waals surface area contributed by atoms with Crippen LogP contribution in [0.5, 0.6) is 5.75 Å². The molecule has 2 amide bonds. The van der Waals surface area contributed by atoms with Gasteiger partial charge in [0.2, 0.25) is 21.8 Å². The highest BCUT2D eigenvalue weighted by atomic mass is 35.5. The van der Waals surface area contributed by atoms with Crippen LogP contribution in [0, 0.1) is 30.1 Å². The van der Waals surface area contributed by atoms with Gasteiger partial charge in [-0.1, -0.05) is 36.6 Å². The number of benzene rings is 1. The maximum atomic E-state index is 14.8. The molecule has 5 atom stereocenters. The van der Waals surface area contributed by atoms with Crippen LogP contribution in [0.1, 0.15) is 108 Å². The molecule has 2 aromatic rings. The first kappa shape index (κ1) is 37.4. The fourth-order valence-corrected chi connectivity index (χ4v) is 10.4. The van der Waals surface area contributed by atoms with Gasteiger partial charge < -0.3 is 14.4 Å². The minimum Gasteiger partial charge on any atom is -0.483 e. The minimum atomic E-state index is -3.93. The number of nitrogens with one attached hydrogen (secondary N) is 1. The normalized spacial score (nSPS) is 31.3. The van der Waals surface area contributed by atoms with Gasteiger partial charge in [-0.15, -0.1) is 0 Å². The molecule has 1 saturated heterocycles. The van der Waals surface area contributed by atoms with Crippen LogP contribution >= 0.6 is 11.6 Å². The molecule has 1 N–H and O–H groups in total. The molecule has 54 heavy (non-hydrogen) atoms. The third kappa shape index (κ3) is 7.17. The van der Waals surface area contributed by atoms with Crippen LogP contribution in [0.4, 0.5) is 0 Å². The van der Waals surface area contributed by atoms with Crippen LogP contribution < -0.4 is 9.46 Å². The lowest BCUT2D eigenvalue weighted by molar-refractivity contribution is -0.151. The van der Waals surface area contributed by atoms with E-state index in [9.17, 15) is 27.6 Å². The topological polar surface area (TPSA) is 149 Å². The van der Waals surface area contributed by atoms with Gasteiger partial charge in [-0.25, -0.2) is 13.4 Å². The summed E-state index contributed by atoms with van der Waals surface area (Å²) in [6, 6.07) is 4.65. The van der Waals surface area contributed by atoms with Gasteiger partial charge in [0.1, 0.15) is 11.4 Å². The number of hydrogen-bond acceptors (Lipinski definition) is 9. The number of allylic oxidation sites excluding steroid dienone is 2. The molecule has 3 saturated carbocycles. The third-order valence-corrected chi connectivity index (χ3v) is 15.4. The van der Waals surface area contributed by atoms with E-state index < -0.39 is 49.6 Å². The summed E-state index contributed by atoms with van der Waals surface area (Å²) in [5.74, 6) is -1.61. The second-order valence-electron chi connectivity index (χ2n) is 17.2. The highest BCUT2D eigenvalue weighted by Crippen LogP contribution is 2.58. The standard InChI is InChI=1S/C41H50ClN3O8S/c1-25-36-30(31-19-29(42)12-13-32(31)43-25)14-15-40(53-36)21-33-34(46)22-41(38(49)44-54(50,51)39(2)16-17-39)20-28(41)9-7-5-3-4-6-8-27(37(48)45(33)24-40)18-35(47)52-23-26-10-11-26/h7,9,12-13,19,26-28,33H,3-6,8,10-11,14-18,20-24H2,1-2H3,(H,44,49)/b9-7-/t27-,28-,33+,40-,41-/m1/s1. The number of hydrogen-bond donors (Lipinski definition) is 1. The molecule has 8 rings (SSSR count). The Labute approximate surface area is 322 Å². The molecule has 6 aliphatic rings. The van der Waals surface area contributed by atoms with E-state index in [0.29, 0.717) is 67.5 Å². The Bertz CT molecular complexity index is 2040. The predicted octanol–water partition coefficient (Wildman–Crippen LogP) is 6.31. The summed E-state index contributed by atoms with van der Waals surface area (Å²) < 4.78 is 40.3. The number of aryl methyl sites for hydroxylation is 2. The van der Waals surface area contributed by atoms with Crippen LogP contribution in [-0.2, 0) is 40.4 Å². The molecule has 1 aromatic heterocycles. The molecule has 3 aliphatic heterocycles. The number of amides is 2. The molecule has 13 heteroatoms. The lowest BCUT2D eigenvalue weighted by Crippen LogP contribution is -2.48. The number of nitrogens with zero attached hydrogens (tertiary/aromatic N) is 2. The van der Waals surface area contributed by atoms with E-state index in [0.717, 1.165) is 55.0 Å². The molecular weight excluding hydrogens is 730 g/mol. The molecule has 0 radical (unpaired) electrons. The van der Waals surface area contributed by atoms with Gasteiger partial charge in [-0.3, -0.25) is 23.9 Å². The third-order valence-electron chi connectivity index (χ3n) is 13.0. The lowest BCUT2D eigenvalue weighted by Gasteiger charge is -2.36. The molecule has 0 unspecified atom stereocenters. The Morgan fingerprint density at radius 1 is 1.09 bits per heavy atom. The van der Waals surface area contributed by atoms with Crippen LogP contribution in [0.2, 0.25) is 5.02 Å². The van der Waals surface area contributed by atoms with Gasteiger partial charge >= 0.3 is 5.97 Å². The van der Waals surface area contributed by atoms with Gasteiger partial charge in [0, 0.05) is 34.7 Å². The van der Waals surface area contributed by atoms with Crippen LogP contribution in [0.3, 0.4) is 0 Å². The maximum absolute atomic E-state index is 14.8. The van der Waals surface area contributed by atoms with E-state index >= 15 is 0 Å². The van der Waals surface area contributed by atoms with Crippen molar-refractivity contribution < 1.29 is 37.1 Å². The first-order chi connectivity index (χ1) is 25.7. The predicted molar refractivity (Wildman–Crippen MR) is 202 cm³/mol. The smallest absolute Gasteiger partial charge is 0.306 e. The number of esters is 1. The highest BCUT2D eigenvalue weighted by molar-refractivity contribution is 7.91. The van der Waals surface area contributed by atoms with Gasteiger partial charge in [0.15, 0.2) is 5.78 Å². The number of aromatic nitrogens is 1. The second-order valence-corrected chi connectivity index (χ2v) is 19.9. The highest BCUT2D eigenvalue weighted by Gasteiger charge is 2.63. The monoisotopic (exact) mass is 779 g/mol. The average molecular weight is 780 g/mol. The second kappa shape index (κ2) is 13.9. The van der Waals surface area contributed by atoms with Crippen molar-refractivity contribution in [2.75, 3.05) is 13.2 Å². The van der Waals surface area contributed by atoms with Crippen molar-refractivity contribution in [3.63, 3.8) is 0 Å². The number of sulfonamides is 1. The van der Waals surface area contributed by atoms with E-state index in [4.69, 9.17) is 26.1 Å². The fourth-order valence-electron chi connectivity index (χ4n) is 8.89. The summed E-state index contributed by atoms with van der Waals surface area (Å²) in [6.07, 6.45) is 12.1. The SMILES string of the molecule is Cc1nc2ccc(Cl)cc2c2c1O[C@]1(CC2)C[C@H]2C(=O)C[C@]3(C(=O)NS(=O)(=O)C4(C)CC4)C[C@H]3/C=C\CCCCC[C@H](CC(=O)OCC3CC3)C(=O)N2C1. The number of fused-ring (bicyclic) bond motifs is 5. The summed E-state index contributed by atoms with van der Waals surface area (Å²) in [4.78, 5) is 63.0. The van der Waals surface area contributed by atoms with Crippen molar-refractivity contribution >= 4 is 56.1 Å². The zero-order chi connectivity index (χ0) is 38.0. The first-order valence-electron chi connectivity index (χ1n) is 19.7. The van der Waals surface area contributed by atoms with Crippen molar-refractivity contribution in [1.82, 2.24) is 14.6 Å². The zero-order valence-corrected chi connectivity index (χ0v) is 32.7. The van der Waals surface area contributed by atoms with Gasteiger partial charge in [-0.05, 0) is 108 Å². The number of carbonyl (C=O) groups excluding carboxylic acids is 4. The van der Waals surface area contributed by atoms with Gasteiger partial charge in [0.25, 0.3) is 0 Å². The molecule has 0 bridgehead atoms. The van der Waals surface area contributed by atoms with E-state index in [1.54, 1.807) is 17.9 Å². The van der Waals surface area contributed by atoms with Crippen molar-refractivity contribution in [2.24, 2.45) is 23.2 Å². The number of carbonyl (C=O) groups is 4. The van der Waals surface area contributed by atoms with Crippen LogP contribution in [-0.4, -0.2) is 71.4 Å². The van der Waals surface area contributed by atoms with Crippen molar-refractivity contribution in [3.8, 4) is 5.75 Å². The van der Waals surface area contributed by atoms with E-state index in [1.165, 1.54) is 0 Å². The van der Waals surface area contributed by atoms with Crippen LogP contribution in [0.15, 0.2) is 30.4 Å². The maximum Gasteiger partial charge on any atom is 0.306 e. The molecule has 11 nitrogen and oxygen atoms in total. The summed E-state index contributed by atoms with van der Waals surface area (Å²) in [6.45, 7) is 4.01. The molecule has 3 aliphatic carbocycles. The largest absolute Gasteiger partial charge is 0.483 e. The summed E-state index contributed by atoms with van der Waals surface area (Å²) in [5.41, 5.74) is 0.349. The number of rotatable bonds is 7. The van der Waals surface area contributed by atoms with Gasteiger partial charge in [0.05, 0.1) is 47.0 Å². The Morgan fingerprint density at radius 3 is 2.65 bits per heavy atom. The number of halogens is 1. The molecule has 4 fully saturated rings. The summed E-state index contributed by atoms with van der Waals surface area (Å²) in [7, 11) is -3.93. The minimum absolute atomic E-state index is 0.0691. The molecule has 1 spiro atoms. The molecule has 4 heterocycles. The Morgan fingerprint density at radius 2 is 1.89 bits per heavy atom. The fraction of sp³-hybridized carbons (Fsp3) is 0.634.